The summed E-state index contributed by atoms with van der Waals surface area (Å²) in [5.74, 6) is 6.38. The van der Waals surface area contributed by atoms with E-state index in [9.17, 15) is 0 Å². The van der Waals surface area contributed by atoms with Crippen LogP contribution in [0.2, 0.25) is 10.0 Å². The number of nitrogens with one attached hydrogen (secondary N) is 1. The second kappa shape index (κ2) is 6.95. The van der Waals surface area contributed by atoms with Gasteiger partial charge in [-0.15, -0.1) is 0 Å². The zero-order chi connectivity index (χ0) is 14.5. The summed E-state index contributed by atoms with van der Waals surface area (Å²) in [5, 5.41) is 1.35. The second-order valence-corrected chi connectivity index (χ2v) is 5.24. The Kier molecular flexibility index (Phi) is 5.26. The minimum absolute atomic E-state index is 0.109. The molecule has 5 heteroatoms. The molecule has 0 aliphatic carbocycles. The van der Waals surface area contributed by atoms with Gasteiger partial charge >= 0.3 is 0 Å². The number of halogens is 2. The van der Waals surface area contributed by atoms with Crippen molar-refractivity contribution in [1.82, 2.24) is 5.43 Å². The lowest BCUT2D eigenvalue weighted by molar-refractivity contribution is 0.399. The smallest absolute Gasteiger partial charge is 0.125 e. The predicted molar refractivity (Wildman–Crippen MR) is 83.2 cm³/mol. The van der Waals surface area contributed by atoms with Crippen molar-refractivity contribution in [3.8, 4) is 5.75 Å². The van der Waals surface area contributed by atoms with Crippen LogP contribution in [-0.4, -0.2) is 7.11 Å². The topological polar surface area (TPSA) is 47.3 Å². The molecule has 3 nitrogen and oxygen atoms in total. The molecule has 0 heterocycles. The first-order valence-corrected chi connectivity index (χ1v) is 6.94. The van der Waals surface area contributed by atoms with Crippen molar-refractivity contribution in [2.75, 3.05) is 7.11 Å². The first-order chi connectivity index (χ1) is 9.65. The van der Waals surface area contributed by atoms with Gasteiger partial charge in [0, 0.05) is 15.6 Å². The van der Waals surface area contributed by atoms with Crippen molar-refractivity contribution in [2.24, 2.45) is 5.84 Å². The van der Waals surface area contributed by atoms with Crippen molar-refractivity contribution >= 4 is 23.2 Å². The molecule has 0 aromatic heterocycles. The Hall–Kier alpha value is -1.26. The van der Waals surface area contributed by atoms with Crippen LogP contribution in [0.4, 0.5) is 0 Å². The summed E-state index contributed by atoms with van der Waals surface area (Å²) in [5.41, 5.74) is 4.77. The fraction of sp³-hybridized carbons (Fsp3) is 0.200. The van der Waals surface area contributed by atoms with Gasteiger partial charge in [-0.3, -0.25) is 11.3 Å². The fourth-order valence-corrected chi connectivity index (χ4v) is 2.49. The molecular formula is C15H16Cl2N2O. The van der Waals surface area contributed by atoms with Crippen molar-refractivity contribution in [1.29, 1.82) is 0 Å². The van der Waals surface area contributed by atoms with Gasteiger partial charge in [0.1, 0.15) is 5.75 Å². The molecule has 3 N–H and O–H groups in total. The monoisotopic (exact) mass is 310 g/mol. The van der Waals surface area contributed by atoms with E-state index >= 15 is 0 Å². The van der Waals surface area contributed by atoms with Crippen LogP contribution in [0.3, 0.4) is 0 Å². The van der Waals surface area contributed by atoms with Gasteiger partial charge in [0.15, 0.2) is 0 Å². The van der Waals surface area contributed by atoms with E-state index < -0.39 is 0 Å². The SMILES string of the molecule is COc1cc(Cl)ccc1C(Cc1ccccc1Cl)NN. The van der Waals surface area contributed by atoms with E-state index in [0.29, 0.717) is 17.2 Å². The van der Waals surface area contributed by atoms with Crippen LogP contribution in [0.15, 0.2) is 42.5 Å². The summed E-state index contributed by atoms with van der Waals surface area (Å²) < 4.78 is 5.36. The largest absolute Gasteiger partial charge is 0.496 e. The van der Waals surface area contributed by atoms with Gasteiger partial charge in [-0.2, -0.15) is 0 Å². The van der Waals surface area contributed by atoms with Gasteiger partial charge in [-0.1, -0.05) is 47.5 Å². The average molecular weight is 311 g/mol. The van der Waals surface area contributed by atoms with Crippen LogP contribution in [0.25, 0.3) is 0 Å². The van der Waals surface area contributed by atoms with E-state index in [1.165, 1.54) is 0 Å². The number of hydrazine groups is 1. The second-order valence-electron chi connectivity index (χ2n) is 4.40. The van der Waals surface area contributed by atoms with E-state index in [2.05, 4.69) is 5.43 Å². The molecule has 20 heavy (non-hydrogen) atoms. The Balaban J connectivity index is 2.31. The molecule has 0 spiro atoms. The lowest BCUT2D eigenvalue weighted by Crippen LogP contribution is -2.30. The molecule has 1 unspecified atom stereocenters. The minimum atomic E-state index is -0.109. The van der Waals surface area contributed by atoms with E-state index in [4.69, 9.17) is 33.8 Å². The fourth-order valence-electron chi connectivity index (χ4n) is 2.12. The minimum Gasteiger partial charge on any atom is -0.496 e. The lowest BCUT2D eigenvalue weighted by Gasteiger charge is -2.20. The summed E-state index contributed by atoms with van der Waals surface area (Å²) in [6, 6.07) is 13.1. The van der Waals surface area contributed by atoms with Crippen LogP contribution in [0, 0.1) is 0 Å². The number of ether oxygens (including phenoxy) is 1. The molecule has 0 aliphatic rings. The van der Waals surface area contributed by atoms with Gasteiger partial charge < -0.3 is 4.74 Å². The van der Waals surface area contributed by atoms with Crippen LogP contribution >= 0.6 is 23.2 Å². The van der Waals surface area contributed by atoms with Crippen LogP contribution < -0.4 is 16.0 Å². The first kappa shape index (κ1) is 15.1. The number of nitrogens with two attached hydrogens (primary N) is 1. The Morgan fingerprint density at radius 2 is 1.95 bits per heavy atom. The van der Waals surface area contributed by atoms with Gasteiger partial charge in [-0.05, 0) is 30.2 Å². The summed E-state index contributed by atoms with van der Waals surface area (Å²) in [6.07, 6.45) is 0.661. The Bertz CT molecular complexity index is 590. The predicted octanol–water partition coefficient (Wildman–Crippen LogP) is 3.75. The van der Waals surface area contributed by atoms with Crippen molar-refractivity contribution in [2.45, 2.75) is 12.5 Å². The number of methoxy groups -OCH3 is 1. The van der Waals surface area contributed by atoms with Crippen molar-refractivity contribution in [3.63, 3.8) is 0 Å². The van der Waals surface area contributed by atoms with Gasteiger partial charge in [0.05, 0.1) is 13.2 Å². The van der Waals surface area contributed by atoms with Gasteiger partial charge in [0.2, 0.25) is 0 Å². The van der Waals surface area contributed by atoms with Gasteiger partial charge in [0.25, 0.3) is 0 Å². The molecule has 0 amide bonds. The van der Waals surface area contributed by atoms with Gasteiger partial charge in [-0.25, -0.2) is 0 Å². The number of hydrogen-bond acceptors (Lipinski definition) is 3. The third-order valence-electron chi connectivity index (χ3n) is 3.15. The average Bonchev–Trinajstić information content (AvgIpc) is 2.46. The molecule has 1 atom stereocenters. The van der Waals surface area contributed by atoms with E-state index in [-0.39, 0.29) is 6.04 Å². The quantitative estimate of drug-likeness (QED) is 0.653. The number of hydrogen-bond donors (Lipinski definition) is 2. The maximum atomic E-state index is 6.19. The van der Waals surface area contributed by atoms with E-state index in [1.807, 2.05) is 36.4 Å². The summed E-state index contributed by atoms with van der Waals surface area (Å²) >= 11 is 12.2. The third kappa shape index (κ3) is 3.44. The van der Waals surface area contributed by atoms with E-state index in [0.717, 1.165) is 16.1 Å². The molecular weight excluding hydrogens is 295 g/mol. The first-order valence-electron chi connectivity index (χ1n) is 6.18. The highest BCUT2D eigenvalue weighted by molar-refractivity contribution is 6.31. The highest BCUT2D eigenvalue weighted by atomic mass is 35.5. The molecule has 2 rings (SSSR count). The third-order valence-corrected chi connectivity index (χ3v) is 3.76. The molecule has 2 aromatic rings. The molecule has 0 fully saturated rings. The lowest BCUT2D eigenvalue weighted by atomic mass is 9.98. The maximum Gasteiger partial charge on any atom is 0.125 e. The summed E-state index contributed by atoms with van der Waals surface area (Å²) in [6.45, 7) is 0. The molecule has 0 saturated carbocycles. The highest BCUT2D eigenvalue weighted by Gasteiger charge is 2.17. The number of rotatable bonds is 5. The van der Waals surface area contributed by atoms with Crippen molar-refractivity contribution in [3.05, 3.63) is 63.6 Å². The highest BCUT2D eigenvalue weighted by Crippen LogP contribution is 2.31. The standard InChI is InChI=1S/C15H16Cl2N2O/c1-20-15-9-11(16)6-7-12(15)14(19-18)8-10-4-2-3-5-13(10)17/h2-7,9,14,19H,8,18H2,1H3. The Labute approximate surface area is 128 Å². The Morgan fingerprint density at radius 1 is 1.20 bits per heavy atom. The molecule has 0 radical (unpaired) electrons. The van der Waals surface area contributed by atoms with Crippen LogP contribution in [0.5, 0.6) is 5.75 Å². The zero-order valence-electron chi connectivity index (χ0n) is 11.1. The van der Waals surface area contributed by atoms with Crippen molar-refractivity contribution < 1.29 is 4.74 Å². The zero-order valence-corrected chi connectivity index (χ0v) is 12.6. The van der Waals surface area contributed by atoms with Crippen LogP contribution in [-0.2, 0) is 6.42 Å². The maximum absolute atomic E-state index is 6.19. The summed E-state index contributed by atoms with van der Waals surface area (Å²) in [7, 11) is 1.61. The summed E-state index contributed by atoms with van der Waals surface area (Å²) in [4.78, 5) is 0. The van der Waals surface area contributed by atoms with E-state index in [1.54, 1.807) is 13.2 Å². The molecule has 2 aromatic carbocycles. The molecule has 106 valence electrons. The number of benzene rings is 2. The molecule has 0 saturated heterocycles. The molecule has 0 bridgehead atoms. The Morgan fingerprint density at radius 3 is 2.60 bits per heavy atom. The molecule has 0 aliphatic heterocycles. The normalized spacial score (nSPS) is 12.2. The van der Waals surface area contributed by atoms with Crippen LogP contribution in [0.1, 0.15) is 17.2 Å².